The molecule has 0 aromatic heterocycles. The average Bonchev–Trinajstić information content (AvgIpc) is 2.89. The minimum absolute atomic E-state index is 0.100. The molecule has 0 atom stereocenters. The molecule has 2 aromatic carbocycles. The normalized spacial score (nSPS) is 19.1. The van der Waals surface area contributed by atoms with Gasteiger partial charge in [0.1, 0.15) is 17.8 Å². The number of benzene rings is 2. The van der Waals surface area contributed by atoms with E-state index in [0.717, 1.165) is 54.6 Å². The van der Waals surface area contributed by atoms with Crippen molar-refractivity contribution in [3.63, 3.8) is 0 Å². The van der Waals surface area contributed by atoms with Crippen LogP contribution in [0.4, 0.5) is 0 Å². The van der Waals surface area contributed by atoms with Gasteiger partial charge in [-0.15, -0.1) is 0 Å². The molecule has 2 aromatic rings. The van der Waals surface area contributed by atoms with E-state index in [2.05, 4.69) is 5.16 Å². The van der Waals surface area contributed by atoms with E-state index in [1.165, 1.54) is 38.5 Å². The molecule has 0 unspecified atom stereocenters. The summed E-state index contributed by atoms with van der Waals surface area (Å²) in [5, 5.41) is 20.7. The second-order valence-electron chi connectivity index (χ2n) is 8.99. The van der Waals surface area contributed by atoms with Crippen molar-refractivity contribution in [2.45, 2.75) is 51.4 Å². The SMILES string of the molecule is N/C(=C\O)c1ccc(OCCCC2CCC(CCCOc3ccc(/C(N)=N/O)cc3)CC2)cc1. The van der Waals surface area contributed by atoms with Gasteiger partial charge in [-0.2, -0.15) is 0 Å². The zero-order chi connectivity index (χ0) is 24.2. The van der Waals surface area contributed by atoms with Crippen molar-refractivity contribution >= 4 is 11.5 Å². The lowest BCUT2D eigenvalue weighted by atomic mass is 9.78. The van der Waals surface area contributed by atoms with Gasteiger partial charge in [-0.3, -0.25) is 0 Å². The number of nitrogens with two attached hydrogens (primary N) is 2. The molecule has 0 amide bonds. The Morgan fingerprint density at radius 2 is 1.24 bits per heavy atom. The third kappa shape index (κ3) is 7.90. The Hall–Kier alpha value is -3.35. The van der Waals surface area contributed by atoms with Crippen LogP contribution in [0.3, 0.4) is 0 Å². The summed E-state index contributed by atoms with van der Waals surface area (Å²) < 4.78 is 11.7. The lowest BCUT2D eigenvalue weighted by Crippen LogP contribution is -2.16. The van der Waals surface area contributed by atoms with E-state index in [1.807, 2.05) is 36.4 Å². The van der Waals surface area contributed by atoms with Gasteiger partial charge in [0.2, 0.25) is 0 Å². The van der Waals surface area contributed by atoms with Gasteiger partial charge in [0.15, 0.2) is 5.84 Å². The van der Waals surface area contributed by atoms with Crippen LogP contribution < -0.4 is 20.9 Å². The molecule has 0 bridgehead atoms. The van der Waals surface area contributed by atoms with E-state index in [9.17, 15) is 0 Å². The molecule has 0 aliphatic heterocycles. The molecule has 0 spiro atoms. The van der Waals surface area contributed by atoms with Crippen molar-refractivity contribution in [3.05, 3.63) is 65.9 Å². The highest BCUT2D eigenvalue weighted by Crippen LogP contribution is 2.34. The smallest absolute Gasteiger partial charge is 0.170 e. The fourth-order valence-corrected chi connectivity index (χ4v) is 4.53. The van der Waals surface area contributed by atoms with Crippen molar-refractivity contribution in [2.75, 3.05) is 13.2 Å². The molecule has 1 aliphatic rings. The highest BCUT2D eigenvalue weighted by Gasteiger charge is 2.20. The van der Waals surface area contributed by atoms with Gasteiger partial charge in [0.05, 0.1) is 18.9 Å². The highest BCUT2D eigenvalue weighted by atomic mass is 16.5. The fourth-order valence-electron chi connectivity index (χ4n) is 4.53. The maximum absolute atomic E-state index is 8.96. The Kier molecular flexibility index (Phi) is 9.95. The van der Waals surface area contributed by atoms with Crippen LogP contribution in [0.5, 0.6) is 11.5 Å². The first-order valence-electron chi connectivity index (χ1n) is 12.1. The quantitative estimate of drug-likeness (QED) is 0.0825. The fraction of sp³-hybridized carbons (Fsp3) is 0.444. The number of aliphatic hydroxyl groups is 1. The maximum atomic E-state index is 8.96. The van der Waals surface area contributed by atoms with E-state index in [1.54, 1.807) is 12.1 Å². The summed E-state index contributed by atoms with van der Waals surface area (Å²) in [4.78, 5) is 0. The van der Waals surface area contributed by atoms with E-state index in [0.29, 0.717) is 17.9 Å². The van der Waals surface area contributed by atoms with Gasteiger partial charge in [-0.25, -0.2) is 0 Å². The van der Waals surface area contributed by atoms with Crippen molar-refractivity contribution in [1.82, 2.24) is 0 Å². The molecule has 6 N–H and O–H groups in total. The van der Waals surface area contributed by atoms with Gasteiger partial charge >= 0.3 is 0 Å². The van der Waals surface area contributed by atoms with Gasteiger partial charge in [0.25, 0.3) is 0 Å². The molecular formula is C27H37N3O4. The third-order valence-corrected chi connectivity index (χ3v) is 6.60. The molecule has 34 heavy (non-hydrogen) atoms. The predicted molar refractivity (Wildman–Crippen MR) is 135 cm³/mol. The van der Waals surface area contributed by atoms with Crippen LogP contribution in [0.2, 0.25) is 0 Å². The third-order valence-electron chi connectivity index (χ3n) is 6.60. The van der Waals surface area contributed by atoms with E-state index >= 15 is 0 Å². The Bertz CT molecular complexity index is 840. The Labute approximate surface area is 202 Å². The van der Waals surface area contributed by atoms with Crippen LogP contribution in [0.1, 0.15) is 62.5 Å². The van der Waals surface area contributed by atoms with Crippen molar-refractivity contribution in [1.29, 1.82) is 0 Å². The summed E-state index contributed by atoms with van der Waals surface area (Å²) in [7, 11) is 0. The summed E-state index contributed by atoms with van der Waals surface area (Å²) in [5.74, 6) is 3.35. The predicted octanol–water partition coefficient (Wildman–Crippen LogP) is 5.42. The second kappa shape index (κ2) is 13.4. The number of nitrogens with zero attached hydrogens (tertiary/aromatic N) is 1. The molecule has 0 saturated heterocycles. The van der Waals surface area contributed by atoms with Crippen LogP contribution in [-0.4, -0.2) is 29.4 Å². The number of ether oxygens (including phenoxy) is 2. The van der Waals surface area contributed by atoms with Crippen LogP contribution in [0.25, 0.3) is 5.70 Å². The standard InChI is InChI=1S/C27H37N3O4/c28-26(19-31)22-9-13-24(14-10-22)33-17-1-3-20-5-7-21(8-6-20)4-2-18-34-25-15-11-23(12-16-25)27(29)30-32/h9-16,19-21,31-32H,1-8,17-18,28H2,(H2,29,30)/b26-19-. The van der Waals surface area contributed by atoms with Gasteiger partial charge in [-0.05, 0) is 86.1 Å². The first kappa shape index (κ1) is 25.3. The Morgan fingerprint density at radius 1 is 0.794 bits per heavy atom. The first-order valence-corrected chi connectivity index (χ1v) is 12.1. The molecule has 7 heteroatoms. The number of aliphatic hydroxyl groups excluding tert-OH is 1. The second-order valence-corrected chi connectivity index (χ2v) is 8.99. The zero-order valence-electron chi connectivity index (χ0n) is 19.7. The summed E-state index contributed by atoms with van der Waals surface area (Å²) in [6.45, 7) is 1.44. The minimum Gasteiger partial charge on any atom is -0.513 e. The van der Waals surface area contributed by atoms with Gasteiger partial charge in [-0.1, -0.05) is 30.8 Å². The van der Waals surface area contributed by atoms with Crippen molar-refractivity contribution in [2.24, 2.45) is 28.5 Å². The van der Waals surface area contributed by atoms with Crippen LogP contribution in [0, 0.1) is 11.8 Å². The monoisotopic (exact) mass is 467 g/mol. The molecule has 1 aliphatic carbocycles. The van der Waals surface area contributed by atoms with Crippen molar-refractivity contribution < 1.29 is 19.8 Å². The Balaban J connectivity index is 1.23. The number of hydrogen-bond acceptors (Lipinski definition) is 6. The average molecular weight is 468 g/mol. The van der Waals surface area contributed by atoms with E-state index in [4.69, 9.17) is 31.3 Å². The first-order chi connectivity index (χ1) is 16.6. The summed E-state index contributed by atoms with van der Waals surface area (Å²) in [6, 6.07) is 14.8. The molecule has 1 saturated carbocycles. The maximum Gasteiger partial charge on any atom is 0.170 e. The lowest BCUT2D eigenvalue weighted by Gasteiger charge is -2.28. The van der Waals surface area contributed by atoms with Crippen LogP contribution >= 0.6 is 0 Å². The van der Waals surface area contributed by atoms with Crippen LogP contribution in [-0.2, 0) is 0 Å². The zero-order valence-corrected chi connectivity index (χ0v) is 19.7. The molecule has 184 valence electrons. The van der Waals surface area contributed by atoms with Crippen LogP contribution in [0.15, 0.2) is 59.9 Å². The number of oxime groups is 1. The minimum atomic E-state index is 0.100. The number of hydrogen-bond donors (Lipinski definition) is 4. The van der Waals surface area contributed by atoms with E-state index < -0.39 is 0 Å². The molecule has 3 rings (SSSR count). The highest BCUT2D eigenvalue weighted by molar-refractivity contribution is 5.97. The summed E-state index contributed by atoms with van der Waals surface area (Å²) in [5.41, 5.74) is 13.1. The summed E-state index contributed by atoms with van der Waals surface area (Å²) in [6.07, 6.45) is 10.7. The number of amidine groups is 1. The van der Waals surface area contributed by atoms with Crippen molar-refractivity contribution in [3.8, 4) is 11.5 Å². The topological polar surface area (TPSA) is 123 Å². The van der Waals surface area contributed by atoms with Gasteiger partial charge in [0, 0.05) is 11.1 Å². The molecule has 0 heterocycles. The molecule has 0 radical (unpaired) electrons. The summed E-state index contributed by atoms with van der Waals surface area (Å²) >= 11 is 0. The number of rotatable bonds is 12. The molecular weight excluding hydrogens is 430 g/mol. The van der Waals surface area contributed by atoms with Gasteiger partial charge < -0.3 is 31.3 Å². The Morgan fingerprint density at radius 3 is 1.65 bits per heavy atom. The molecule has 7 nitrogen and oxygen atoms in total. The lowest BCUT2D eigenvalue weighted by molar-refractivity contribution is 0.217. The largest absolute Gasteiger partial charge is 0.513 e. The van der Waals surface area contributed by atoms with E-state index in [-0.39, 0.29) is 5.84 Å². The molecule has 1 fully saturated rings.